The smallest absolute Gasteiger partial charge is 0.230 e. The summed E-state index contributed by atoms with van der Waals surface area (Å²) >= 11 is 1.62. The predicted octanol–water partition coefficient (Wildman–Crippen LogP) is 1.10. The zero-order valence-corrected chi connectivity index (χ0v) is 12.8. The van der Waals surface area contributed by atoms with Crippen molar-refractivity contribution in [2.75, 3.05) is 12.8 Å². The van der Waals surface area contributed by atoms with Crippen molar-refractivity contribution < 1.29 is 9.69 Å². The summed E-state index contributed by atoms with van der Waals surface area (Å²) in [4.78, 5) is 14.9. The number of carbonyl (C=O) groups excluding carboxylic acids is 1. The maximum absolute atomic E-state index is 12.1. The van der Waals surface area contributed by atoms with Crippen LogP contribution in [0.1, 0.15) is 25.7 Å². The van der Waals surface area contributed by atoms with Gasteiger partial charge in [0.1, 0.15) is 0 Å². The Morgan fingerprint density at radius 2 is 1.90 bits per heavy atom. The first-order chi connectivity index (χ1) is 9.72. The van der Waals surface area contributed by atoms with Crippen molar-refractivity contribution in [2.45, 2.75) is 48.7 Å². The molecule has 0 saturated carbocycles. The molecule has 2 saturated heterocycles. The average molecular weight is 291 g/mol. The third kappa shape index (κ3) is 3.18. The monoisotopic (exact) mass is 291 g/mol. The Balaban J connectivity index is 1.45. The molecule has 20 heavy (non-hydrogen) atoms. The van der Waals surface area contributed by atoms with Gasteiger partial charge in [0, 0.05) is 36.6 Å². The molecule has 4 atom stereocenters. The van der Waals surface area contributed by atoms with Crippen molar-refractivity contribution in [2.24, 2.45) is 0 Å². The first-order valence-corrected chi connectivity index (χ1v) is 8.51. The Bertz CT molecular complexity index is 451. The minimum absolute atomic E-state index is 0.183. The lowest BCUT2D eigenvalue weighted by atomic mass is 9.98. The molecule has 0 aromatic heterocycles. The van der Waals surface area contributed by atoms with Crippen molar-refractivity contribution in [3.8, 4) is 0 Å². The fourth-order valence-electron chi connectivity index (χ4n) is 3.63. The summed E-state index contributed by atoms with van der Waals surface area (Å²) in [5.74, 6) is 0.709. The number of hydrogen-bond acceptors (Lipinski definition) is 2. The van der Waals surface area contributed by atoms with Gasteiger partial charge in [0.25, 0.3) is 0 Å². The van der Waals surface area contributed by atoms with Gasteiger partial charge in [-0.25, -0.2) is 0 Å². The van der Waals surface area contributed by atoms with Gasteiger partial charge in [-0.1, -0.05) is 18.2 Å². The molecule has 4 heteroatoms. The molecule has 2 bridgehead atoms. The number of hydrogen-bond donors (Lipinski definition) is 2. The van der Waals surface area contributed by atoms with Crippen molar-refractivity contribution in [3.05, 3.63) is 30.3 Å². The molecule has 2 fully saturated rings. The Morgan fingerprint density at radius 1 is 1.25 bits per heavy atom. The molecular weight excluding hydrogens is 268 g/mol. The van der Waals surface area contributed by atoms with E-state index in [4.69, 9.17) is 0 Å². The minimum Gasteiger partial charge on any atom is -0.352 e. The van der Waals surface area contributed by atoms with E-state index in [1.165, 1.54) is 12.8 Å². The molecule has 0 aliphatic carbocycles. The molecule has 2 aliphatic heterocycles. The highest BCUT2D eigenvalue weighted by Gasteiger charge is 2.42. The molecule has 108 valence electrons. The van der Waals surface area contributed by atoms with Crippen molar-refractivity contribution in [1.82, 2.24) is 5.32 Å². The van der Waals surface area contributed by atoms with Crippen molar-refractivity contribution in [1.29, 1.82) is 0 Å². The highest BCUT2D eigenvalue weighted by Crippen LogP contribution is 2.23. The van der Waals surface area contributed by atoms with Gasteiger partial charge < -0.3 is 10.2 Å². The van der Waals surface area contributed by atoms with E-state index in [0.29, 0.717) is 11.8 Å². The van der Waals surface area contributed by atoms with Gasteiger partial charge in [-0.3, -0.25) is 4.79 Å². The molecule has 1 aromatic carbocycles. The Hall–Kier alpha value is -1.00. The highest BCUT2D eigenvalue weighted by atomic mass is 32.2. The van der Waals surface area contributed by atoms with E-state index in [1.54, 1.807) is 16.7 Å². The second kappa shape index (κ2) is 6.19. The molecule has 0 spiro atoms. The summed E-state index contributed by atoms with van der Waals surface area (Å²) in [7, 11) is 2.31. The lowest BCUT2D eigenvalue weighted by molar-refractivity contribution is -0.922. The standard InChI is InChI=1S/C16H22N2OS/c1-18-13-7-8-14(18)10-12(9-13)17-16(19)11-20-15-5-3-2-4-6-15/h2-6,12-14H,7-11H2,1H3,(H,17,19)/p+1/t12?,13-,14+. The normalized spacial score (nSPS) is 32.0. The largest absolute Gasteiger partial charge is 0.352 e. The Kier molecular flexibility index (Phi) is 4.32. The molecular formula is C16H23N2OS+. The Labute approximate surface area is 125 Å². The van der Waals surface area contributed by atoms with Crippen LogP contribution in [0.3, 0.4) is 0 Å². The second-order valence-electron chi connectivity index (χ2n) is 6.05. The molecule has 3 nitrogen and oxygen atoms in total. The van der Waals surface area contributed by atoms with E-state index in [1.807, 2.05) is 18.2 Å². The van der Waals surface area contributed by atoms with Gasteiger partial charge in [-0.15, -0.1) is 11.8 Å². The third-order valence-corrected chi connectivity index (χ3v) is 5.78. The van der Waals surface area contributed by atoms with Gasteiger partial charge in [0.2, 0.25) is 5.91 Å². The van der Waals surface area contributed by atoms with E-state index in [-0.39, 0.29) is 5.91 Å². The van der Waals surface area contributed by atoms with Crippen LogP contribution in [-0.2, 0) is 4.79 Å². The number of piperidine rings is 1. The number of benzene rings is 1. The highest BCUT2D eigenvalue weighted by molar-refractivity contribution is 8.00. The maximum atomic E-state index is 12.1. The van der Waals surface area contributed by atoms with Gasteiger partial charge in [0.05, 0.1) is 24.9 Å². The van der Waals surface area contributed by atoms with Gasteiger partial charge in [0.15, 0.2) is 0 Å². The summed E-state index contributed by atoms with van der Waals surface area (Å²) < 4.78 is 0. The summed E-state index contributed by atoms with van der Waals surface area (Å²) in [6.07, 6.45) is 4.98. The molecule has 2 aliphatic rings. The first kappa shape index (κ1) is 14.0. The van der Waals surface area contributed by atoms with Crippen LogP contribution in [0, 0.1) is 0 Å². The number of carbonyl (C=O) groups is 1. The second-order valence-corrected chi connectivity index (χ2v) is 7.10. The molecule has 2 N–H and O–H groups in total. The van der Waals surface area contributed by atoms with Crippen LogP contribution in [0.25, 0.3) is 0 Å². The quantitative estimate of drug-likeness (QED) is 0.815. The van der Waals surface area contributed by atoms with Crippen molar-refractivity contribution in [3.63, 3.8) is 0 Å². The SMILES string of the molecule is C[NH+]1[C@@H]2CC[C@H]1CC(NC(=O)CSc1ccccc1)C2. The maximum Gasteiger partial charge on any atom is 0.230 e. The fourth-order valence-corrected chi connectivity index (χ4v) is 4.37. The minimum atomic E-state index is 0.183. The van der Waals surface area contributed by atoms with Gasteiger partial charge in [-0.2, -0.15) is 0 Å². The van der Waals surface area contributed by atoms with Crippen LogP contribution in [0.4, 0.5) is 0 Å². The number of quaternary nitrogens is 1. The Morgan fingerprint density at radius 3 is 2.55 bits per heavy atom. The lowest BCUT2D eigenvalue weighted by Crippen LogP contribution is -3.15. The summed E-state index contributed by atoms with van der Waals surface area (Å²) in [5.41, 5.74) is 0. The lowest BCUT2D eigenvalue weighted by Gasteiger charge is -2.33. The number of rotatable bonds is 4. The van der Waals surface area contributed by atoms with Crippen molar-refractivity contribution >= 4 is 17.7 Å². The zero-order chi connectivity index (χ0) is 13.9. The topological polar surface area (TPSA) is 33.5 Å². The van der Waals surface area contributed by atoms with Gasteiger partial charge >= 0.3 is 0 Å². The van der Waals surface area contributed by atoms with E-state index in [9.17, 15) is 4.79 Å². The van der Waals surface area contributed by atoms with E-state index < -0.39 is 0 Å². The molecule has 1 amide bonds. The molecule has 1 aromatic rings. The number of thioether (sulfide) groups is 1. The molecule has 0 radical (unpaired) electrons. The number of fused-ring (bicyclic) bond motifs is 2. The van der Waals surface area contributed by atoms with Crippen LogP contribution in [-0.4, -0.2) is 36.8 Å². The third-order valence-electron chi connectivity index (χ3n) is 4.77. The summed E-state index contributed by atoms with van der Waals surface area (Å²) in [6, 6.07) is 12.1. The number of nitrogens with one attached hydrogen (secondary N) is 2. The van der Waals surface area contributed by atoms with Crippen LogP contribution in [0.15, 0.2) is 35.2 Å². The summed E-state index contributed by atoms with van der Waals surface area (Å²) in [6.45, 7) is 0. The van der Waals surface area contributed by atoms with E-state index in [0.717, 1.165) is 29.8 Å². The summed E-state index contributed by atoms with van der Waals surface area (Å²) in [5, 5.41) is 3.24. The zero-order valence-electron chi connectivity index (χ0n) is 12.0. The average Bonchev–Trinajstić information content (AvgIpc) is 2.68. The van der Waals surface area contributed by atoms with E-state index >= 15 is 0 Å². The van der Waals surface area contributed by atoms with E-state index in [2.05, 4.69) is 24.5 Å². The van der Waals surface area contributed by atoms with Gasteiger partial charge in [-0.05, 0) is 12.1 Å². The molecule has 2 heterocycles. The van der Waals surface area contributed by atoms with Crippen LogP contribution >= 0.6 is 11.8 Å². The van der Waals surface area contributed by atoms with Crippen LogP contribution in [0.2, 0.25) is 0 Å². The number of amides is 1. The van der Waals surface area contributed by atoms with Crippen LogP contribution in [0.5, 0.6) is 0 Å². The molecule has 3 rings (SSSR count). The predicted molar refractivity (Wildman–Crippen MR) is 82.0 cm³/mol. The van der Waals surface area contributed by atoms with Crippen LogP contribution < -0.4 is 10.2 Å². The molecule has 2 unspecified atom stereocenters. The fraction of sp³-hybridized carbons (Fsp3) is 0.562. The first-order valence-electron chi connectivity index (χ1n) is 7.53.